The summed E-state index contributed by atoms with van der Waals surface area (Å²) in [5, 5.41) is 10.6. The SMILES string of the molecule is COC1CCCC(O)(Cc2cccc(C(F)(F)F)c2)C1. The van der Waals surface area contributed by atoms with Crippen LogP contribution in [-0.4, -0.2) is 23.9 Å². The van der Waals surface area contributed by atoms with Gasteiger partial charge >= 0.3 is 6.18 Å². The quantitative estimate of drug-likeness (QED) is 0.921. The summed E-state index contributed by atoms with van der Waals surface area (Å²) in [4.78, 5) is 0. The summed E-state index contributed by atoms with van der Waals surface area (Å²) in [6.07, 6.45) is -1.34. The molecule has 0 aromatic heterocycles. The van der Waals surface area contributed by atoms with Gasteiger partial charge in [0.1, 0.15) is 0 Å². The lowest BCUT2D eigenvalue weighted by atomic mass is 9.79. The third-order valence-electron chi connectivity index (χ3n) is 3.90. The van der Waals surface area contributed by atoms with Crippen molar-refractivity contribution < 1.29 is 23.0 Å². The molecule has 1 aliphatic carbocycles. The monoisotopic (exact) mass is 288 g/mol. The van der Waals surface area contributed by atoms with Crippen LogP contribution in [0.15, 0.2) is 24.3 Å². The molecular weight excluding hydrogens is 269 g/mol. The Kier molecular flexibility index (Phi) is 4.39. The van der Waals surface area contributed by atoms with Crippen LogP contribution in [0.1, 0.15) is 36.8 Å². The molecule has 1 N–H and O–H groups in total. The number of alkyl halides is 3. The third kappa shape index (κ3) is 3.73. The van der Waals surface area contributed by atoms with Gasteiger partial charge in [0.2, 0.25) is 0 Å². The number of rotatable bonds is 3. The summed E-state index contributed by atoms with van der Waals surface area (Å²) >= 11 is 0. The first kappa shape index (κ1) is 15.3. The molecule has 2 rings (SSSR count). The summed E-state index contributed by atoms with van der Waals surface area (Å²) in [6, 6.07) is 5.18. The second-order valence-corrected chi connectivity index (χ2v) is 5.55. The number of halogens is 3. The van der Waals surface area contributed by atoms with Crippen LogP contribution in [0, 0.1) is 0 Å². The van der Waals surface area contributed by atoms with E-state index >= 15 is 0 Å². The Hall–Kier alpha value is -1.07. The molecule has 1 saturated carbocycles. The molecule has 1 aliphatic rings. The smallest absolute Gasteiger partial charge is 0.389 e. The topological polar surface area (TPSA) is 29.5 Å². The maximum Gasteiger partial charge on any atom is 0.416 e. The highest BCUT2D eigenvalue weighted by Crippen LogP contribution is 2.34. The molecule has 0 amide bonds. The third-order valence-corrected chi connectivity index (χ3v) is 3.90. The second-order valence-electron chi connectivity index (χ2n) is 5.55. The Bertz CT molecular complexity index is 459. The van der Waals surface area contributed by atoms with Crippen LogP contribution < -0.4 is 0 Å². The van der Waals surface area contributed by atoms with Gasteiger partial charge < -0.3 is 9.84 Å². The first-order valence-corrected chi connectivity index (χ1v) is 6.74. The van der Waals surface area contributed by atoms with Gasteiger partial charge in [-0.1, -0.05) is 18.2 Å². The minimum atomic E-state index is -4.35. The average molecular weight is 288 g/mol. The van der Waals surface area contributed by atoms with Crippen LogP contribution in [0.4, 0.5) is 13.2 Å². The van der Waals surface area contributed by atoms with E-state index in [9.17, 15) is 18.3 Å². The van der Waals surface area contributed by atoms with Gasteiger partial charge in [-0.05, 0) is 30.9 Å². The molecule has 0 heterocycles. The van der Waals surface area contributed by atoms with E-state index in [0.29, 0.717) is 18.4 Å². The lowest BCUT2D eigenvalue weighted by Gasteiger charge is -2.36. The van der Waals surface area contributed by atoms with Crippen molar-refractivity contribution in [2.24, 2.45) is 0 Å². The highest BCUT2D eigenvalue weighted by Gasteiger charge is 2.35. The van der Waals surface area contributed by atoms with E-state index in [1.54, 1.807) is 13.2 Å². The molecule has 112 valence electrons. The van der Waals surface area contributed by atoms with Gasteiger partial charge in [0.05, 0.1) is 17.3 Å². The fourth-order valence-corrected chi connectivity index (χ4v) is 2.89. The minimum Gasteiger partial charge on any atom is -0.389 e. The number of hydrogen-bond acceptors (Lipinski definition) is 2. The Labute approximate surface area is 116 Å². The molecule has 1 aromatic carbocycles. The van der Waals surface area contributed by atoms with Gasteiger partial charge in [-0.3, -0.25) is 0 Å². The van der Waals surface area contributed by atoms with Gasteiger partial charge in [0.15, 0.2) is 0 Å². The van der Waals surface area contributed by atoms with Crippen molar-refractivity contribution in [1.29, 1.82) is 0 Å². The molecule has 1 aromatic rings. The van der Waals surface area contributed by atoms with Crippen LogP contribution in [0.25, 0.3) is 0 Å². The fraction of sp³-hybridized carbons (Fsp3) is 0.600. The van der Waals surface area contributed by atoms with Gasteiger partial charge in [-0.25, -0.2) is 0 Å². The second kappa shape index (κ2) is 5.74. The highest BCUT2D eigenvalue weighted by atomic mass is 19.4. The maximum absolute atomic E-state index is 12.7. The zero-order chi connectivity index (χ0) is 14.8. The van der Waals surface area contributed by atoms with Crippen molar-refractivity contribution in [3.05, 3.63) is 35.4 Å². The zero-order valence-corrected chi connectivity index (χ0v) is 11.4. The molecule has 0 radical (unpaired) electrons. The summed E-state index contributed by atoms with van der Waals surface area (Å²) in [5.74, 6) is 0. The van der Waals surface area contributed by atoms with Gasteiger partial charge in [-0.2, -0.15) is 13.2 Å². The molecule has 2 unspecified atom stereocenters. The molecule has 0 saturated heterocycles. The van der Waals surface area contributed by atoms with Crippen molar-refractivity contribution in [2.75, 3.05) is 7.11 Å². The first-order chi connectivity index (χ1) is 9.32. The normalized spacial score (nSPS) is 27.6. The maximum atomic E-state index is 12.7. The van der Waals surface area contributed by atoms with E-state index in [1.165, 1.54) is 6.07 Å². The van der Waals surface area contributed by atoms with Crippen molar-refractivity contribution in [2.45, 2.75) is 50.0 Å². The Morgan fingerprint density at radius 3 is 2.80 bits per heavy atom. The lowest BCUT2D eigenvalue weighted by molar-refractivity contribution is -0.137. The zero-order valence-electron chi connectivity index (χ0n) is 11.4. The van der Waals surface area contributed by atoms with Crippen LogP contribution in [-0.2, 0) is 17.3 Å². The molecule has 2 nitrogen and oxygen atoms in total. The molecule has 1 fully saturated rings. The van der Waals surface area contributed by atoms with Crippen molar-refractivity contribution in [3.63, 3.8) is 0 Å². The fourth-order valence-electron chi connectivity index (χ4n) is 2.89. The molecule has 5 heteroatoms. The molecule has 2 atom stereocenters. The molecule has 0 aliphatic heterocycles. The predicted octanol–water partition coefficient (Wildman–Crippen LogP) is 3.57. The standard InChI is InChI=1S/C15H19F3O2/c1-20-13-6-3-7-14(19,10-13)9-11-4-2-5-12(8-11)15(16,17)18/h2,4-5,8,13,19H,3,6-7,9-10H2,1H3. The van der Waals surface area contributed by atoms with Crippen LogP contribution >= 0.6 is 0 Å². The highest BCUT2D eigenvalue weighted by molar-refractivity contribution is 5.27. The first-order valence-electron chi connectivity index (χ1n) is 6.74. The van der Waals surface area contributed by atoms with Crippen LogP contribution in [0.2, 0.25) is 0 Å². The Balaban J connectivity index is 2.13. The number of benzene rings is 1. The molecule has 0 spiro atoms. The summed E-state index contributed by atoms with van der Waals surface area (Å²) in [7, 11) is 1.60. The van der Waals surface area contributed by atoms with Crippen molar-refractivity contribution in [3.8, 4) is 0 Å². The average Bonchev–Trinajstić information content (AvgIpc) is 2.37. The summed E-state index contributed by atoms with van der Waals surface area (Å²) in [6.45, 7) is 0. The number of hydrogen-bond donors (Lipinski definition) is 1. The number of aliphatic hydroxyl groups is 1. The van der Waals surface area contributed by atoms with E-state index in [1.807, 2.05) is 0 Å². The molecular formula is C15H19F3O2. The number of methoxy groups -OCH3 is 1. The van der Waals surface area contributed by atoms with Gasteiger partial charge in [0.25, 0.3) is 0 Å². The lowest BCUT2D eigenvalue weighted by Crippen LogP contribution is -2.40. The van der Waals surface area contributed by atoms with E-state index in [0.717, 1.165) is 25.0 Å². The van der Waals surface area contributed by atoms with Gasteiger partial charge in [0, 0.05) is 20.0 Å². The minimum absolute atomic E-state index is 0.0143. The Morgan fingerprint density at radius 2 is 2.15 bits per heavy atom. The van der Waals surface area contributed by atoms with E-state index in [4.69, 9.17) is 4.74 Å². The van der Waals surface area contributed by atoms with Crippen LogP contribution in [0.5, 0.6) is 0 Å². The summed E-state index contributed by atoms with van der Waals surface area (Å²) in [5.41, 5.74) is -1.12. The van der Waals surface area contributed by atoms with E-state index < -0.39 is 17.3 Å². The Morgan fingerprint density at radius 1 is 1.40 bits per heavy atom. The molecule has 20 heavy (non-hydrogen) atoms. The largest absolute Gasteiger partial charge is 0.416 e. The van der Waals surface area contributed by atoms with E-state index in [2.05, 4.69) is 0 Å². The van der Waals surface area contributed by atoms with Crippen LogP contribution in [0.3, 0.4) is 0 Å². The predicted molar refractivity (Wildman–Crippen MR) is 69.4 cm³/mol. The van der Waals surface area contributed by atoms with Gasteiger partial charge in [-0.15, -0.1) is 0 Å². The molecule has 0 bridgehead atoms. The van der Waals surface area contributed by atoms with E-state index in [-0.39, 0.29) is 12.5 Å². The number of ether oxygens (including phenoxy) is 1. The summed E-state index contributed by atoms with van der Waals surface area (Å²) < 4.78 is 43.3. The van der Waals surface area contributed by atoms with Crippen molar-refractivity contribution >= 4 is 0 Å². The van der Waals surface area contributed by atoms with Crippen molar-refractivity contribution in [1.82, 2.24) is 0 Å².